The number of hydrogen-bond donors (Lipinski definition) is 1. The van der Waals surface area contributed by atoms with Crippen molar-refractivity contribution in [3.63, 3.8) is 0 Å². The van der Waals surface area contributed by atoms with Gasteiger partial charge in [-0.15, -0.1) is 0 Å². The fourth-order valence-corrected chi connectivity index (χ4v) is 1.87. The molecule has 16 heavy (non-hydrogen) atoms. The van der Waals surface area contributed by atoms with Gasteiger partial charge in [0.15, 0.2) is 4.90 Å². The van der Waals surface area contributed by atoms with Gasteiger partial charge in [-0.3, -0.25) is 4.55 Å². The van der Waals surface area contributed by atoms with Crippen LogP contribution in [0.3, 0.4) is 0 Å². The van der Waals surface area contributed by atoms with E-state index < -0.39 is 32.6 Å². The summed E-state index contributed by atoms with van der Waals surface area (Å²) in [5, 5.41) is 0. The summed E-state index contributed by atoms with van der Waals surface area (Å²) in [6.45, 7) is 0. The highest BCUT2D eigenvalue weighted by molar-refractivity contribution is 7.86. The lowest BCUT2D eigenvalue weighted by atomic mass is 10.2. The quantitative estimate of drug-likeness (QED) is 0.809. The minimum atomic E-state index is -5.07. The first-order valence-electron chi connectivity index (χ1n) is 3.75. The zero-order valence-corrected chi connectivity index (χ0v) is 8.63. The van der Waals surface area contributed by atoms with E-state index in [1.165, 1.54) is 0 Å². The van der Waals surface area contributed by atoms with E-state index >= 15 is 0 Å². The van der Waals surface area contributed by atoms with Gasteiger partial charge in [-0.05, 0) is 6.07 Å². The summed E-state index contributed by atoms with van der Waals surface area (Å²) in [4.78, 5) is 1.89. The Hall–Kier alpha value is -1.35. The number of nitrogens with zero attached hydrogens (tertiary/aromatic N) is 1. The van der Waals surface area contributed by atoms with Gasteiger partial charge in [-0.25, -0.2) is 4.98 Å². The highest BCUT2D eigenvalue weighted by Gasteiger charge is 2.39. The molecule has 1 rings (SSSR count). The number of alkyl halides is 3. The van der Waals surface area contributed by atoms with E-state index in [9.17, 15) is 21.6 Å². The van der Waals surface area contributed by atoms with Crippen molar-refractivity contribution < 1.29 is 30.9 Å². The largest absolute Gasteiger partial charge is 0.480 e. The van der Waals surface area contributed by atoms with E-state index in [1.807, 2.05) is 0 Å². The van der Waals surface area contributed by atoms with E-state index in [2.05, 4.69) is 9.72 Å². The van der Waals surface area contributed by atoms with Crippen molar-refractivity contribution in [1.82, 2.24) is 4.98 Å². The van der Waals surface area contributed by atoms with Gasteiger partial charge in [0, 0.05) is 6.20 Å². The highest BCUT2D eigenvalue weighted by atomic mass is 32.2. The fourth-order valence-electron chi connectivity index (χ4n) is 1.05. The summed E-state index contributed by atoms with van der Waals surface area (Å²) in [6.07, 6.45) is -4.20. The molecule has 1 heterocycles. The molecule has 0 aliphatic rings. The Morgan fingerprint density at radius 3 is 2.38 bits per heavy atom. The van der Waals surface area contributed by atoms with Crippen molar-refractivity contribution in [3.8, 4) is 5.88 Å². The van der Waals surface area contributed by atoms with Crippen LogP contribution in [0.25, 0.3) is 0 Å². The second kappa shape index (κ2) is 3.91. The molecule has 90 valence electrons. The van der Waals surface area contributed by atoms with Crippen molar-refractivity contribution in [1.29, 1.82) is 0 Å². The molecule has 0 saturated carbocycles. The molecule has 0 atom stereocenters. The van der Waals surface area contributed by atoms with Gasteiger partial charge in [-0.1, -0.05) is 0 Å². The third kappa shape index (κ3) is 2.42. The summed E-state index contributed by atoms with van der Waals surface area (Å²) in [5.41, 5.74) is -1.53. The monoisotopic (exact) mass is 257 g/mol. The van der Waals surface area contributed by atoms with Crippen LogP contribution < -0.4 is 4.74 Å². The van der Waals surface area contributed by atoms with Crippen molar-refractivity contribution in [3.05, 3.63) is 17.8 Å². The molecule has 1 aromatic heterocycles. The summed E-state index contributed by atoms with van der Waals surface area (Å²) < 4.78 is 72.0. The predicted octanol–water partition coefficient (Wildman–Crippen LogP) is 1.36. The Morgan fingerprint density at radius 2 is 2.00 bits per heavy atom. The van der Waals surface area contributed by atoms with Gasteiger partial charge in [0.25, 0.3) is 0 Å². The van der Waals surface area contributed by atoms with Crippen LogP contribution >= 0.6 is 0 Å². The molecule has 0 unspecified atom stereocenters. The standard InChI is InChI=1S/C7H6F3NO4S/c1-15-6-5(16(12,13)14)4(2-3-11-6)7(8,9)10/h2-3H,1H3,(H,12,13,14). The van der Waals surface area contributed by atoms with E-state index in [0.717, 1.165) is 13.3 Å². The summed E-state index contributed by atoms with van der Waals surface area (Å²) >= 11 is 0. The Labute approximate surface area is 88.6 Å². The molecule has 1 aromatic rings. The molecule has 0 bridgehead atoms. The first kappa shape index (κ1) is 12.7. The van der Waals surface area contributed by atoms with Crippen LogP contribution in [0.15, 0.2) is 17.2 Å². The minimum absolute atomic E-state index is 0.436. The third-order valence-electron chi connectivity index (χ3n) is 1.63. The maximum Gasteiger partial charge on any atom is 0.418 e. The van der Waals surface area contributed by atoms with Gasteiger partial charge in [0.2, 0.25) is 5.88 Å². The van der Waals surface area contributed by atoms with Crippen LogP contribution in [0.4, 0.5) is 13.2 Å². The maximum atomic E-state index is 12.4. The summed E-state index contributed by atoms with van der Waals surface area (Å²) in [6, 6.07) is 0.436. The van der Waals surface area contributed by atoms with Gasteiger partial charge >= 0.3 is 16.3 Å². The number of aromatic nitrogens is 1. The van der Waals surface area contributed by atoms with Crippen molar-refractivity contribution in [2.75, 3.05) is 7.11 Å². The zero-order valence-electron chi connectivity index (χ0n) is 7.82. The number of halogens is 3. The number of rotatable bonds is 2. The second-order valence-electron chi connectivity index (χ2n) is 2.67. The summed E-state index contributed by atoms with van der Waals surface area (Å²) in [7, 11) is -4.13. The van der Waals surface area contributed by atoms with Gasteiger partial charge in [0.1, 0.15) is 0 Å². The Kier molecular flexibility index (Phi) is 3.10. The fraction of sp³-hybridized carbons (Fsp3) is 0.286. The van der Waals surface area contributed by atoms with Crippen LogP contribution in [-0.2, 0) is 16.3 Å². The molecule has 0 fully saturated rings. The Bertz CT molecular complexity index is 497. The lowest BCUT2D eigenvalue weighted by molar-refractivity contribution is -0.140. The molecule has 5 nitrogen and oxygen atoms in total. The third-order valence-corrected chi connectivity index (χ3v) is 2.54. The van der Waals surface area contributed by atoms with Crippen molar-refractivity contribution in [2.24, 2.45) is 0 Å². The number of hydrogen-bond acceptors (Lipinski definition) is 4. The molecule has 0 spiro atoms. The number of pyridine rings is 1. The molecule has 0 radical (unpaired) electrons. The Balaban J connectivity index is 3.65. The lowest BCUT2D eigenvalue weighted by Gasteiger charge is -2.12. The molecule has 9 heteroatoms. The van der Waals surface area contributed by atoms with Gasteiger partial charge < -0.3 is 4.74 Å². The molecule has 0 aromatic carbocycles. The predicted molar refractivity (Wildman–Crippen MR) is 45.6 cm³/mol. The zero-order chi connectivity index (χ0) is 12.6. The first-order chi connectivity index (χ1) is 7.18. The molecular formula is C7H6F3NO4S. The first-order valence-corrected chi connectivity index (χ1v) is 5.19. The van der Waals surface area contributed by atoms with Crippen LogP contribution in [0.2, 0.25) is 0 Å². The van der Waals surface area contributed by atoms with Crippen LogP contribution in [0.1, 0.15) is 5.56 Å². The average molecular weight is 257 g/mol. The molecular weight excluding hydrogens is 251 g/mol. The maximum absolute atomic E-state index is 12.4. The SMILES string of the molecule is COc1nccc(C(F)(F)F)c1S(=O)(=O)O. The molecule has 0 aliphatic carbocycles. The van der Waals surface area contributed by atoms with E-state index in [1.54, 1.807) is 0 Å². The molecule has 0 amide bonds. The van der Waals surface area contributed by atoms with Crippen molar-refractivity contribution >= 4 is 10.1 Å². The number of methoxy groups -OCH3 is 1. The van der Waals surface area contributed by atoms with Crippen LogP contribution in [0, 0.1) is 0 Å². The average Bonchev–Trinajstić information content (AvgIpc) is 2.13. The van der Waals surface area contributed by atoms with Crippen LogP contribution in [-0.4, -0.2) is 25.1 Å². The highest BCUT2D eigenvalue weighted by Crippen LogP contribution is 2.37. The van der Waals surface area contributed by atoms with Crippen molar-refractivity contribution in [2.45, 2.75) is 11.1 Å². The van der Waals surface area contributed by atoms with Crippen LogP contribution in [0.5, 0.6) is 5.88 Å². The van der Waals surface area contributed by atoms with E-state index in [-0.39, 0.29) is 0 Å². The molecule has 0 saturated heterocycles. The lowest BCUT2D eigenvalue weighted by Crippen LogP contribution is -2.14. The second-order valence-corrected chi connectivity index (χ2v) is 4.03. The smallest absolute Gasteiger partial charge is 0.418 e. The topological polar surface area (TPSA) is 76.5 Å². The van der Waals surface area contributed by atoms with Gasteiger partial charge in [0.05, 0.1) is 12.7 Å². The Morgan fingerprint density at radius 1 is 1.44 bits per heavy atom. The summed E-state index contributed by atoms with van der Waals surface area (Å²) in [5.74, 6) is -0.808. The van der Waals surface area contributed by atoms with Gasteiger partial charge in [-0.2, -0.15) is 21.6 Å². The number of ether oxygens (including phenoxy) is 1. The molecule has 1 N–H and O–H groups in total. The normalized spacial score (nSPS) is 12.6. The molecule has 0 aliphatic heterocycles. The minimum Gasteiger partial charge on any atom is -0.480 e. The van der Waals surface area contributed by atoms with E-state index in [0.29, 0.717) is 6.07 Å². The van der Waals surface area contributed by atoms with E-state index in [4.69, 9.17) is 4.55 Å².